The summed E-state index contributed by atoms with van der Waals surface area (Å²) in [5, 5.41) is 6.38. The van der Waals surface area contributed by atoms with Crippen LogP contribution in [0.25, 0.3) is 0 Å². The number of aryl methyl sites for hydroxylation is 1. The summed E-state index contributed by atoms with van der Waals surface area (Å²) >= 11 is 3.37. The molecule has 0 fully saturated rings. The van der Waals surface area contributed by atoms with Gasteiger partial charge in [-0.1, -0.05) is 21.1 Å². The summed E-state index contributed by atoms with van der Waals surface area (Å²) < 4.78 is 11.0. The molecule has 0 aliphatic carbocycles. The Morgan fingerprint density at radius 1 is 1.47 bits per heavy atom. The van der Waals surface area contributed by atoms with E-state index < -0.39 is 0 Å². The monoisotopic (exact) mass is 324 g/mol. The van der Waals surface area contributed by atoms with Crippen LogP contribution in [0, 0.1) is 6.92 Å². The molecular weight excluding hydrogens is 312 g/mol. The SMILES string of the molecule is COc1ccc(Br)cc1CC(=O)Nc1cc(C)on1. The van der Waals surface area contributed by atoms with Gasteiger partial charge in [0.2, 0.25) is 5.91 Å². The highest BCUT2D eigenvalue weighted by atomic mass is 79.9. The maximum absolute atomic E-state index is 11.9. The smallest absolute Gasteiger partial charge is 0.230 e. The van der Waals surface area contributed by atoms with Gasteiger partial charge in [-0.15, -0.1) is 0 Å². The van der Waals surface area contributed by atoms with E-state index in [1.807, 2.05) is 18.2 Å². The van der Waals surface area contributed by atoms with Gasteiger partial charge in [0.1, 0.15) is 11.5 Å². The molecule has 1 heterocycles. The first kappa shape index (κ1) is 13.6. The van der Waals surface area contributed by atoms with E-state index in [4.69, 9.17) is 9.26 Å². The molecule has 1 N–H and O–H groups in total. The van der Waals surface area contributed by atoms with Gasteiger partial charge in [0.15, 0.2) is 5.82 Å². The van der Waals surface area contributed by atoms with Crippen molar-refractivity contribution in [2.24, 2.45) is 0 Å². The minimum atomic E-state index is -0.176. The van der Waals surface area contributed by atoms with Gasteiger partial charge in [0.05, 0.1) is 13.5 Å². The summed E-state index contributed by atoms with van der Waals surface area (Å²) in [6.07, 6.45) is 0.203. The number of ether oxygens (including phenoxy) is 1. The number of benzene rings is 1. The van der Waals surface area contributed by atoms with E-state index in [1.54, 1.807) is 20.1 Å². The Morgan fingerprint density at radius 2 is 2.26 bits per heavy atom. The van der Waals surface area contributed by atoms with Gasteiger partial charge in [0.25, 0.3) is 0 Å². The van der Waals surface area contributed by atoms with Crippen LogP contribution < -0.4 is 10.1 Å². The fourth-order valence-corrected chi connectivity index (χ4v) is 2.08. The van der Waals surface area contributed by atoms with Gasteiger partial charge in [-0.3, -0.25) is 4.79 Å². The molecule has 0 aliphatic rings. The van der Waals surface area contributed by atoms with Crippen LogP contribution in [0.4, 0.5) is 5.82 Å². The van der Waals surface area contributed by atoms with Crippen LogP contribution >= 0.6 is 15.9 Å². The lowest BCUT2D eigenvalue weighted by Gasteiger charge is -2.08. The molecule has 1 aromatic carbocycles. The number of methoxy groups -OCH3 is 1. The summed E-state index contributed by atoms with van der Waals surface area (Å²) in [5.74, 6) is 1.56. The molecule has 2 rings (SSSR count). The van der Waals surface area contributed by atoms with E-state index in [9.17, 15) is 4.79 Å². The summed E-state index contributed by atoms with van der Waals surface area (Å²) in [6.45, 7) is 1.76. The summed E-state index contributed by atoms with van der Waals surface area (Å²) in [5.41, 5.74) is 0.801. The molecule has 100 valence electrons. The van der Waals surface area contributed by atoms with Crippen LogP contribution in [-0.4, -0.2) is 18.2 Å². The third-order valence-electron chi connectivity index (χ3n) is 2.49. The van der Waals surface area contributed by atoms with E-state index in [2.05, 4.69) is 26.4 Å². The minimum absolute atomic E-state index is 0.176. The van der Waals surface area contributed by atoms with Gasteiger partial charge in [-0.25, -0.2) is 0 Å². The first-order valence-electron chi connectivity index (χ1n) is 5.64. The van der Waals surface area contributed by atoms with E-state index in [1.165, 1.54) is 0 Å². The number of hydrogen-bond donors (Lipinski definition) is 1. The fraction of sp³-hybridized carbons (Fsp3) is 0.231. The van der Waals surface area contributed by atoms with Crippen LogP contribution in [0.15, 0.2) is 33.3 Å². The molecule has 2 aromatic rings. The largest absolute Gasteiger partial charge is 0.496 e. The standard InChI is InChI=1S/C13H13BrN2O3/c1-8-5-12(16-19-8)15-13(17)7-9-6-10(14)3-4-11(9)18-2/h3-6H,7H2,1-2H3,(H,15,16,17). The molecule has 5 nitrogen and oxygen atoms in total. The number of amides is 1. The van der Waals surface area contributed by atoms with Crippen molar-refractivity contribution < 1.29 is 14.1 Å². The van der Waals surface area contributed by atoms with Gasteiger partial charge >= 0.3 is 0 Å². The molecule has 19 heavy (non-hydrogen) atoms. The van der Waals surface area contributed by atoms with E-state index in [-0.39, 0.29) is 12.3 Å². The lowest BCUT2D eigenvalue weighted by Crippen LogP contribution is -2.15. The molecule has 0 radical (unpaired) electrons. The second-order valence-electron chi connectivity index (χ2n) is 4.00. The zero-order valence-electron chi connectivity index (χ0n) is 10.6. The van der Waals surface area contributed by atoms with Crippen molar-refractivity contribution in [2.75, 3.05) is 12.4 Å². The van der Waals surface area contributed by atoms with Gasteiger partial charge < -0.3 is 14.6 Å². The van der Waals surface area contributed by atoms with Crippen LogP contribution in [0.5, 0.6) is 5.75 Å². The third-order valence-corrected chi connectivity index (χ3v) is 2.98. The molecule has 0 atom stereocenters. The molecule has 0 spiro atoms. The highest BCUT2D eigenvalue weighted by Gasteiger charge is 2.11. The molecule has 1 amide bonds. The summed E-state index contributed by atoms with van der Waals surface area (Å²) in [7, 11) is 1.58. The minimum Gasteiger partial charge on any atom is -0.496 e. The third kappa shape index (κ3) is 3.57. The average molecular weight is 325 g/mol. The van der Waals surface area contributed by atoms with Crippen molar-refractivity contribution in [1.82, 2.24) is 5.16 Å². The Kier molecular flexibility index (Phi) is 4.21. The lowest BCUT2D eigenvalue weighted by atomic mass is 10.1. The van der Waals surface area contributed by atoms with Crippen molar-refractivity contribution in [3.63, 3.8) is 0 Å². The molecule has 6 heteroatoms. The number of halogens is 1. The van der Waals surface area contributed by atoms with E-state index in [0.29, 0.717) is 17.3 Å². The lowest BCUT2D eigenvalue weighted by molar-refractivity contribution is -0.115. The van der Waals surface area contributed by atoms with Gasteiger partial charge in [0, 0.05) is 16.1 Å². The molecule has 0 bridgehead atoms. The number of nitrogens with one attached hydrogen (secondary N) is 1. The number of carbonyl (C=O) groups excluding carboxylic acids is 1. The number of carbonyl (C=O) groups is 1. The Balaban J connectivity index is 2.08. The first-order valence-corrected chi connectivity index (χ1v) is 6.43. The molecule has 0 saturated heterocycles. The topological polar surface area (TPSA) is 64.4 Å². The highest BCUT2D eigenvalue weighted by molar-refractivity contribution is 9.10. The number of anilines is 1. The molecule has 0 aliphatic heterocycles. The predicted octanol–water partition coefficient (Wildman–Crippen LogP) is 2.94. The Bertz CT molecular complexity index is 595. The normalized spacial score (nSPS) is 10.3. The Morgan fingerprint density at radius 3 is 2.89 bits per heavy atom. The molecular formula is C13H13BrN2O3. The quantitative estimate of drug-likeness (QED) is 0.939. The van der Waals surface area contributed by atoms with Gasteiger partial charge in [-0.05, 0) is 25.1 Å². The van der Waals surface area contributed by atoms with Crippen LogP contribution in [0.2, 0.25) is 0 Å². The van der Waals surface area contributed by atoms with Crippen molar-refractivity contribution in [3.05, 3.63) is 40.1 Å². The molecule has 1 aromatic heterocycles. The average Bonchev–Trinajstić information content (AvgIpc) is 2.75. The Hall–Kier alpha value is -1.82. The van der Waals surface area contributed by atoms with Gasteiger partial charge in [-0.2, -0.15) is 0 Å². The number of nitrogens with zero attached hydrogens (tertiary/aromatic N) is 1. The Labute approximate surface area is 119 Å². The number of rotatable bonds is 4. The van der Waals surface area contributed by atoms with Crippen molar-refractivity contribution >= 4 is 27.7 Å². The highest BCUT2D eigenvalue weighted by Crippen LogP contribution is 2.23. The second-order valence-corrected chi connectivity index (χ2v) is 4.92. The number of hydrogen-bond acceptors (Lipinski definition) is 4. The van der Waals surface area contributed by atoms with Crippen molar-refractivity contribution in [3.8, 4) is 5.75 Å². The molecule has 0 unspecified atom stereocenters. The molecule has 0 saturated carbocycles. The van der Waals surface area contributed by atoms with E-state index >= 15 is 0 Å². The maximum atomic E-state index is 11.9. The second kappa shape index (κ2) is 5.88. The number of aromatic nitrogens is 1. The van der Waals surface area contributed by atoms with Crippen LogP contribution in [0.1, 0.15) is 11.3 Å². The van der Waals surface area contributed by atoms with E-state index in [0.717, 1.165) is 10.0 Å². The van der Waals surface area contributed by atoms with Crippen LogP contribution in [0.3, 0.4) is 0 Å². The summed E-state index contributed by atoms with van der Waals surface area (Å²) in [4.78, 5) is 11.9. The van der Waals surface area contributed by atoms with Crippen LogP contribution in [-0.2, 0) is 11.2 Å². The predicted molar refractivity (Wildman–Crippen MR) is 74.3 cm³/mol. The first-order chi connectivity index (χ1) is 9.08. The fourth-order valence-electron chi connectivity index (χ4n) is 1.67. The zero-order valence-corrected chi connectivity index (χ0v) is 12.2. The van der Waals surface area contributed by atoms with Crippen molar-refractivity contribution in [1.29, 1.82) is 0 Å². The summed E-state index contributed by atoms with van der Waals surface area (Å²) in [6, 6.07) is 7.19. The maximum Gasteiger partial charge on any atom is 0.230 e. The van der Waals surface area contributed by atoms with Crippen molar-refractivity contribution in [2.45, 2.75) is 13.3 Å². The zero-order chi connectivity index (χ0) is 13.8.